The van der Waals surface area contributed by atoms with Gasteiger partial charge in [-0.05, 0) is 72.1 Å². The number of carbonyl (C=O) groups is 1. The summed E-state index contributed by atoms with van der Waals surface area (Å²) < 4.78 is 5.63. The Morgan fingerprint density at radius 2 is 1.88 bits per heavy atom. The van der Waals surface area contributed by atoms with E-state index >= 15 is 0 Å². The summed E-state index contributed by atoms with van der Waals surface area (Å²) in [7, 11) is 0. The molecule has 0 aliphatic heterocycles. The molecule has 4 heteroatoms. The number of rotatable bonds is 7. The predicted molar refractivity (Wildman–Crippen MR) is 106 cm³/mol. The fourth-order valence-electron chi connectivity index (χ4n) is 2.64. The van der Waals surface area contributed by atoms with E-state index in [1.54, 1.807) is 0 Å². The molecule has 1 N–H and O–H groups in total. The third-order valence-corrected chi connectivity index (χ3v) is 4.04. The number of nitrogens with zero attached hydrogens (tertiary/aromatic N) is 1. The Labute approximate surface area is 153 Å². The Balaban J connectivity index is 3.07. The molecule has 0 aromatic heterocycles. The molecule has 0 saturated heterocycles. The molecule has 1 amide bonds. The van der Waals surface area contributed by atoms with Crippen molar-refractivity contribution in [2.45, 2.75) is 85.9 Å². The van der Waals surface area contributed by atoms with Gasteiger partial charge in [0, 0.05) is 18.3 Å². The zero-order valence-corrected chi connectivity index (χ0v) is 17.3. The SMILES string of the molecule is CCCCN(C(=O)OC(C)(C)C)[C@@H](C)c1ccc(C)c(NC(C)C)c1. The van der Waals surface area contributed by atoms with Crippen molar-refractivity contribution in [3.05, 3.63) is 29.3 Å². The molecule has 0 bridgehead atoms. The van der Waals surface area contributed by atoms with E-state index in [1.165, 1.54) is 5.56 Å². The van der Waals surface area contributed by atoms with Crippen molar-refractivity contribution >= 4 is 11.8 Å². The molecule has 4 nitrogen and oxygen atoms in total. The number of benzene rings is 1. The van der Waals surface area contributed by atoms with Crippen molar-refractivity contribution in [2.75, 3.05) is 11.9 Å². The lowest BCUT2D eigenvalue weighted by Gasteiger charge is -2.32. The standard InChI is InChI=1S/C21H36N2O2/c1-9-10-13-23(20(24)25-21(6,7)8)17(5)18-12-11-16(4)19(14-18)22-15(2)3/h11-12,14-15,17,22H,9-10,13H2,1-8H3/t17-/m0/s1. The summed E-state index contributed by atoms with van der Waals surface area (Å²) in [6.45, 7) is 17.0. The largest absolute Gasteiger partial charge is 0.444 e. The van der Waals surface area contributed by atoms with E-state index in [-0.39, 0.29) is 12.1 Å². The number of amides is 1. The molecule has 0 aliphatic carbocycles. The van der Waals surface area contributed by atoms with E-state index in [1.807, 2.05) is 25.7 Å². The molecule has 0 radical (unpaired) electrons. The average molecular weight is 349 g/mol. The quantitative estimate of drug-likeness (QED) is 0.665. The van der Waals surface area contributed by atoms with Crippen molar-refractivity contribution < 1.29 is 9.53 Å². The average Bonchev–Trinajstić information content (AvgIpc) is 2.47. The number of ether oxygens (including phenoxy) is 1. The molecule has 25 heavy (non-hydrogen) atoms. The lowest BCUT2D eigenvalue weighted by atomic mass is 10.0. The van der Waals surface area contributed by atoms with Crippen LogP contribution in [0.1, 0.15) is 78.5 Å². The van der Waals surface area contributed by atoms with Crippen LogP contribution in [0.4, 0.5) is 10.5 Å². The highest BCUT2D eigenvalue weighted by atomic mass is 16.6. The van der Waals surface area contributed by atoms with E-state index in [2.05, 4.69) is 58.1 Å². The summed E-state index contributed by atoms with van der Waals surface area (Å²) in [5.41, 5.74) is 2.97. The minimum Gasteiger partial charge on any atom is -0.444 e. The Kier molecular flexibility index (Phi) is 7.78. The minimum absolute atomic E-state index is 0.0327. The van der Waals surface area contributed by atoms with Crippen molar-refractivity contribution in [3.8, 4) is 0 Å². The number of carbonyl (C=O) groups excluding carboxylic acids is 1. The second-order valence-corrected chi connectivity index (χ2v) is 8.08. The Morgan fingerprint density at radius 3 is 2.40 bits per heavy atom. The van der Waals surface area contributed by atoms with E-state index < -0.39 is 5.60 Å². The maximum Gasteiger partial charge on any atom is 0.410 e. The first-order valence-corrected chi connectivity index (χ1v) is 9.41. The van der Waals surface area contributed by atoms with Crippen LogP contribution in [0.2, 0.25) is 0 Å². The van der Waals surface area contributed by atoms with Gasteiger partial charge in [0.2, 0.25) is 0 Å². The molecule has 0 saturated carbocycles. The molecule has 1 aromatic carbocycles. The summed E-state index contributed by atoms with van der Waals surface area (Å²) in [6.07, 6.45) is 1.76. The summed E-state index contributed by atoms with van der Waals surface area (Å²) in [6, 6.07) is 6.71. The molecular formula is C21H36N2O2. The molecule has 142 valence electrons. The normalized spacial score (nSPS) is 12.8. The second-order valence-electron chi connectivity index (χ2n) is 8.08. The summed E-state index contributed by atoms with van der Waals surface area (Å²) in [4.78, 5) is 14.5. The lowest BCUT2D eigenvalue weighted by Crippen LogP contribution is -2.39. The molecule has 1 atom stereocenters. The molecular weight excluding hydrogens is 312 g/mol. The summed E-state index contributed by atoms with van der Waals surface area (Å²) in [5.74, 6) is 0. The number of aryl methyl sites for hydroxylation is 1. The number of hydrogen-bond acceptors (Lipinski definition) is 3. The summed E-state index contributed by atoms with van der Waals surface area (Å²) >= 11 is 0. The molecule has 0 unspecified atom stereocenters. The Hall–Kier alpha value is -1.71. The number of nitrogens with one attached hydrogen (secondary N) is 1. The molecule has 0 fully saturated rings. The van der Waals surface area contributed by atoms with Gasteiger partial charge in [0.1, 0.15) is 5.60 Å². The highest BCUT2D eigenvalue weighted by Crippen LogP contribution is 2.27. The van der Waals surface area contributed by atoms with E-state index in [0.717, 1.165) is 24.1 Å². The number of hydrogen-bond donors (Lipinski definition) is 1. The fourth-order valence-corrected chi connectivity index (χ4v) is 2.64. The molecule has 0 aliphatic rings. The predicted octanol–water partition coefficient (Wildman–Crippen LogP) is 5.91. The second kappa shape index (κ2) is 9.12. The van der Waals surface area contributed by atoms with Crippen LogP contribution < -0.4 is 5.32 Å². The maximum atomic E-state index is 12.7. The molecule has 0 heterocycles. The van der Waals surface area contributed by atoms with Gasteiger partial charge in [0.25, 0.3) is 0 Å². The Morgan fingerprint density at radius 1 is 1.24 bits per heavy atom. The van der Waals surface area contributed by atoms with Gasteiger partial charge < -0.3 is 15.0 Å². The van der Waals surface area contributed by atoms with Crippen LogP contribution in [0, 0.1) is 6.92 Å². The van der Waals surface area contributed by atoms with Crippen LogP contribution in [-0.2, 0) is 4.74 Å². The third-order valence-electron chi connectivity index (χ3n) is 4.04. The van der Waals surface area contributed by atoms with Crippen LogP contribution in [0.25, 0.3) is 0 Å². The van der Waals surface area contributed by atoms with E-state index in [4.69, 9.17) is 4.74 Å². The zero-order chi connectivity index (χ0) is 19.2. The van der Waals surface area contributed by atoms with E-state index in [9.17, 15) is 4.79 Å². The topological polar surface area (TPSA) is 41.6 Å². The molecule has 1 rings (SSSR count). The van der Waals surface area contributed by atoms with Crippen molar-refractivity contribution in [3.63, 3.8) is 0 Å². The van der Waals surface area contributed by atoms with E-state index in [0.29, 0.717) is 12.6 Å². The number of unbranched alkanes of at least 4 members (excludes halogenated alkanes) is 1. The van der Waals surface area contributed by atoms with Gasteiger partial charge in [0.15, 0.2) is 0 Å². The van der Waals surface area contributed by atoms with Crippen LogP contribution >= 0.6 is 0 Å². The lowest BCUT2D eigenvalue weighted by molar-refractivity contribution is 0.0170. The summed E-state index contributed by atoms with van der Waals surface area (Å²) in [5, 5.41) is 3.48. The van der Waals surface area contributed by atoms with Gasteiger partial charge in [-0.1, -0.05) is 25.5 Å². The minimum atomic E-state index is -0.487. The van der Waals surface area contributed by atoms with Gasteiger partial charge in [-0.3, -0.25) is 0 Å². The molecule has 0 spiro atoms. The van der Waals surface area contributed by atoms with Gasteiger partial charge in [0.05, 0.1) is 6.04 Å². The van der Waals surface area contributed by atoms with Crippen LogP contribution in [0.15, 0.2) is 18.2 Å². The van der Waals surface area contributed by atoms with Crippen LogP contribution in [0.3, 0.4) is 0 Å². The fraction of sp³-hybridized carbons (Fsp3) is 0.667. The van der Waals surface area contributed by atoms with Crippen molar-refractivity contribution in [1.82, 2.24) is 4.90 Å². The molecule has 1 aromatic rings. The monoisotopic (exact) mass is 348 g/mol. The van der Waals surface area contributed by atoms with Crippen LogP contribution in [-0.4, -0.2) is 29.2 Å². The first kappa shape index (κ1) is 21.3. The smallest absolute Gasteiger partial charge is 0.410 e. The van der Waals surface area contributed by atoms with Gasteiger partial charge in [-0.15, -0.1) is 0 Å². The number of anilines is 1. The Bertz CT molecular complexity index is 562. The highest BCUT2D eigenvalue weighted by Gasteiger charge is 2.26. The van der Waals surface area contributed by atoms with Crippen molar-refractivity contribution in [1.29, 1.82) is 0 Å². The van der Waals surface area contributed by atoms with Gasteiger partial charge >= 0.3 is 6.09 Å². The van der Waals surface area contributed by atoms with Gasteiger partial charge in [-0.25, -0.2) is 4.79 Å². The first-order valence-electron chi connectivity index (χ1n) is 9.41. The van der Waals surface area contributed by atoms with Crippen molar-refractivity contribution in [2.24, 2.45) is 0 Å². The highest BCUT2D eigenvalue weighted by molar-refractivity contribution is 5.69. The third kappa shape index (κ3) is 6.97. The first-order chi connectivity index (χ1) is 11.5. The maximum absolute atomic E-state index is 12.7. The zero-order valence-electron chi connectivity index (χ0n) is 17.3. The van der Waals surface area contributed by atoms with Gasteiger partial charge in [-0.2, -0.15) is 0 Å². The van der Waals surface area contributed by atoms with Crippen LogP contribution in [0.5, 0.6) is 0 Å².